The Morgan fingerprint density at radius 2 is 2.00 bits per heavy atom. The van der Waals surface area contributed by atoms with Crippen molar-refractivity contribution < 1.29 is 14.6 Å². The number of aromatic nitrogens is 2. The number of halogens is 2. The molecule has 2 aromatic heterocycles. The summed E-state index contributed by atoms with van der Waals surface area (Å²) in [7, 11) is 0. The van der Waals surface area contributed by atoms with E-state index in [0.29, 0.717) is 34.1 Å². The summed E-state index contributed by atoms with van der Waals surface area (Å²) in [5.74, 6) is 1.59. The van der Waals surface area contributed by atoms with Crippen molar-refractivity contribution in [2.75, 3.05) is 18.0 Å². The summed E-state index contributed by atoms with van der Waals surface area (Å²) in [5.41, 5.74) is 6.38. The molecule has 0 amide bonds. The highest BCUT2D eigenvalue weighted by Gasteiger charge is 2.41. The number of hydrogen-bond acceptors (Lipinski definition) is 6. The van der Waals surface area contributed by atoms with Crippen LogP contribution in [0.5, 0.6) is 5.75 Å². The van der Waals surface area contributed by atoms with Gasteiger partial charge in [-0.2, -0.15) is 0 Å². The van der Waals surface area contributed by atoms with Crippen LogP contribution in [0.3, 0.4) is 0 Å². The second kappa shape index (κ2) is 8.11. The Morgan fingerprint density at radius 1 is 1.29 bits per heavy atom. The van der Waals surface area contributed by atoms with Crippen molar-refractivity contribution in [3.63, 3.8) is 0 Å². The summed E-state index contributed by atoms with van der Waals surface area (Å²) in [6, 6.07) is 0.173. The largest absolute Gasteiger partial charge is 0.511 e. The number of carbonyl (C=O) groups is 1. The van der Waals surface area contributed by atoms with E-state index in [1.807, 2.05) is 4.57 Å². The Kier molecular flexibility index (Phi) is 5.78. The quantitative estimate of drug-likeness (QED) is 0.478. The molecular formula is C21H24BrClN4O4. The van der Waals surface area contributed by atoms with Crippen molar-refractivity contribution in [3.05, 3.63) is 39.8 Å². The third kappa shape index (κ3) is 3.72. The average Bonchev–Trinajstić information content (AvgIpc) is 3.44. The molecule has 10 heteroatoms. The zero-order valence-corrected chi connectivity index (χ0v) is 19.4. The normalized spacial score (nSPS) is 27.1. The van der Waals surface area contributed by atoms with Gasteiger partial charge in [-0.05, 0) is 24.7 Å². The first-order valence-corrected chi connectivity index (χ1v) is 10.6. The van der Waals surface area contributed by atoms with Gasteiger partial charge in [0.25, 0.3) is 0 Å². The minimum atomic E-state index is -1.52. The smallest absolute Gasteiger partial charge is 0.449 e. The van der Waals surface area contributed by atoms with E-state index in [1.165, 1.54) is 12.4 Å². The molecule has 31 heavy (non-hydrogen) atoms. The summed E-state index contributed by atoms with van der Waals surface area (Å²) in [6.45, 7) is 3.76. The highest BCUT2D eigenvalue weighted by Crippen LogP contribution is 2.43. The molecule has 0 aromatic carbocycles. The molecule has 2 aliphatic carbocycles. The zero-order chi connectivity index (χ0) is 21.2. The fourth-order valence-electron chi connectivity index (χ4n) is 4.88. The van der Waals surface area contributed by atoms with Crippen LogP contribution in [-0.2, 0) is 0 Å². The van der Waals surface area contributed by atoms with E-state index in [1.54, 1.807) is 0 Å². The van der Waals surface area contributed by atoms with Crippen molar-refractivity contribution >= 4 is 51.5 Å². The number of ether oxygens (including phenoxy) is 1. The lowest BCUT2D eigenvalue weighted by molar-refractivity contribution is 0.143. The lowest BCUT2D eigenvalue weighted by Gasteiger charge is -2.30. The van der Waals surface area contributed by atoms with Gasteiger partial charge in [-0.25, -0.2) is 9.78 Å². The van der Waals surface area contributed by atoms with Crippen LogP contribution in [0.15, 0.2) is 29.3 Å². The minimum absolute atomic E-state index is 0. The molecule has 1 saturated heterocycles. The summed E-state index contributed by atoms with van der Waals surface area (Å²) < 4.78 is 6.57. The van der Waals surface area contributed by atoms with Crippen LogP contribution in [0.25, 0.3) is 10.9 Å². The SMILES string of the molecule is Br.CC1C=C[C@@H](N)[C@H]2CN(c3ncc4c(=O)c(OC(=O)O)cn(C5CC5)c4c3Cl)C[C@@H]12. The Morgan fingerprint density at radius 3 is 2.65 bits per heavy atom. The predicted octanol–water partition coefficient (Wildman–Crippen LogP) is 3.61. The molecular weight excluding hydrogens is 488 g/mol. The summed E-state index contributed by atoms with van der Waals surface area (Å²) in [6.07, 6.45) is 7.55. The Hall–Kier alpha value is -2.10. The molecule has 3 aliphatic rings. The topological polar surface area (TPSA) is 111 Å². The maximum Gasteiger partial charge on any atom is 0.511 e. The first kappa shape index (κ1) is 22.1. The van der Waals surface area contributed by atoms with Gasteiger partial charge in [0, 0.05) is 37.3 Å². The third-order valence-electron chi connectivity index (χ3n) is 6.61. The number of nitrogens with two attached hydrogens (primary N) is 1. The fraction of sp³-hybridized carbons (Fsp3) is 0.476. The Bertz CT molecular complexity index is 1110. The van der Waals surface area contributed by atoms with Crippen molar-refractivity contribution in [2.45, 2.75) is 31.8 Å². The van der Waals surface area contributed by atoms with Crippen LogP contribution in [0.4, 0.5) is 10.6 Å². The van der Waals surface area contributed by atoms with Gasteiger partial charge in [0.15, 0.2) is 5.75 Å². The molecule has 0 bridgehead atoms. The van der Waals surface area contributed by atoms with Crippen molar-refractivity contribution in [2.24, 2.45) is 23.5 Å². The van der Waals surface area contributed by atoms with E-state index in [2.05, 4.69) is 29.0 Å². The lowest BCUT2D eigenvalue weighted by Crippen LogP contribution is -2.38. The van der Waals surface area contributed by atoms with Crippen molar-refractivity contribution in [1.82, 2.24) is 9.55 Å². The number of nitrogens with zero attached hydrogens (tertiary/aromatic N) is 3. The molecule has 3 heterocycles. The van der Waals surface area contributed by atoms with Gasteiger partial charge in [0.05, 0.1) is 17.1 Å². The van der Waals surface area contributed by atoms with E-state index in [0.717, 1.165) is 25.9 Å². The number of hydrogen-bond donors (Lipinski definition) is 2. The van der Waals surface area contributed by atoms with Gasteiger partial charge in [-0.1, -0.05) is 30.7 Å². The molecule has 3 N–H and O–H groups in total. The van der Waals surface area contributed by atoms with E-state index >= 15 is 0 Å². The molecule has 2 fully saturated rings. The Labute approximate surface area is 194 Å². The van der Waals surface area contributed by atoms with Crippen LogP contribution in [0, 0.1) is 17.8 Å². The van der Waals surface area contributed by atoms with E-state index in [-0.39, 0.29) is 40.2 Å². The highest BCUT2D eigenvalue weighted by atomic mass is 79.9. The van der Waals surface area contributed by atoms with Gasteiger partial charge in [-0.3, -0.25) is 4.79 Å². The highest BCUT2D eigenvalue weighted by molar-refractivity contribution is 8.93. The average molecular weight is 512 g/mol. The molecule has 0 spiro atoms. The first-order chi connectivity index (χ1) is 14.3. The molecule has 166 valence electrons. The number of pyridine rings is 2. The molecule has 1 unspecified atom stereocenters. The molecule has 2 aromatic rings. The van der Waals surface area contributed by atoms with E-state index in [4.69, 9.17) is 27.2 Å². The molecule has 4 atom stereocenters. The summed E-state index contributed by atoms with van der Waals surface area (Å²) >= 11 is 6.83. The first-order valence-electron chi connectivity index (χ1n) is 10.2. The predicted molar refractivity (Wildman–Crippen MR) is 124 cm³/mol. The second-order valence-electron chi connectivity index (χ2n) is 8.54. The van der Waals surface area contributed by atoms with Gasteiger partial charge in [-0.15, -0.1) is 17.0 Å². The second-order valence-corrected chi connectivity index (χ2v) is 8.92. The minimum Gasteiger partial charge on any atom is -0.449 e. The maximum absolute atomic E-state index is 12.8. The summed E-state index contributed by atoms with van der Waals surface area (Å²) in [5, 5.41) is 9.63. The maximum atomic E-state index is 12.8. The van der Waals surface area contributed by atoms with Crippen LogP contribution in [0.2, 0.25) is 5.02 Å². The van der Waals surface area contributed by atoms with Gasteiger partial charge in [0.1, 0.15) is 10.8 Å². The molecule has 1 saturated carbocycles. The van der Waals surface area contributed by atoms with Gasteiger partial charge < -0.3 is 25.0 Å². The monoisotopic (exact) mass is 510 g/mol. The zero-order valence-electron chi connectivity index (χ0n) is 16.9. The standard InChI is InChI=1S/C21H23ClN4O4.BrH/c1-10-2-5-15(23)14-8-25(7-13(10)14)20-17(22)18-12(6-24-20)19(27)16(30-21(28)29)9-26(18)11-3-4-11;/h2,5-6,9-11,13-15H,3-4,7-8,23H2,1H3,(H,28,29);1H/t10?,13-,14-,15+;/m0./s1. The van der Waals surface area contributed by atoms with Gasteiger partial charge >= 0.3 is 6.16 Å². The molecule has 1 aliphatic heterocycles. The van der Waals surface area contributed by atoms with Crippen LogP contribution in [-0.4, -0.2) is 39.9 Å². The number of fused-ring (bicyclic) bond motifs is 2. The number of rotatable bonds is 3. The number of anilines is 1. The molecule has 8 nitrogen and oxygen atoms in total. The fourth-order valence-corrected chi connectivity index (χ4v) is 5.24. The lowest BCUT2D eigenvalue weighted by atomic mass is 9.77. The van der Waals surface area contributed by atoms with Crippen LogP contribution >= 0.6 is 28.6 Å². The Balaban J connectivity index is 0.00000231. The van der Waals surface area contributed by atoms with Crippen molar-refractivity contribution in [3.8, 4) is 5.75 Å². The van der Waals surface area contributed by atoms with Gasteiger partial charge in [0.2, 0.25) is 5.43 Å². The molecule has 5 rings (SSSR count). The molecule has 0 radical (unpaired) electrons. The van der Waals surface area contributed by atoms with Crippen LogP contribution in [0.1, 0.15) is 25.8 Å². The third-order valence-corrected chi connectivity index (χ3v) is 6.96. The number of carboxylic acid groups (broad SMARTS) is 1. The van der Waals surface area contributed by atoms with Crippen LogP contribution < -0.4 is 20.8 Å². The van der Waals surface area contributed by atoms with E-state index < -0.39 is 11.6 Å². The number of allylic oxidation sites excluding steroid dienone is 1. The van der Waals surface area contributed by atoms with Crippen molar-refractivity contribution in [1.29, 1.82) is 0 Å². The van der Waals surface area contributed by atoms with E-state index in [9.17, 15) is 9.59 Å². The summed E-state index contributed by atoms with van der Waals surface area (Å²) in [4.78, 5) is 30.5.